The third-order valence-corrected chi connectivity index (χ3v) is 8.07. The van der Waals surface area contributed by atoms with Crippen LogP contribution in [0.15, 0.2) is 164 Å². The highest BCUT2D eigenvalue weighted by molar-refractivity contribution is 6.14. The van der Waals surface area contributed by atoms with Crippen molar-refractivity contribution < 1.29 is 0 Å². The van der Waals surface area contributed by atoms with Crippen molar-refractivity contribution in [2.75, 3.05) is 0 Å². The molecule has 0 N–H and O–H groups in total. The van der Waals surface area contributed by atoms with Crippen LogP contribution in [-0.4, -0.2) is 15.0 Å². The molecular weight excluding hydrogens is 534 g/mol. The van der Waals surface area contributed by atoms with Gasteiger partial charge in [-0.05, 0) is 46.2 Å². The number of benzene rings is 6. The molecule has 0 unspecified atom stereocenters. The molecule has 8 rings (SSSR count). The molecule has 6 aromatic carbocycles. The molecule has 0 saturated heterocycles. The summed E-state index contributed by atoms with van der Waals surface area (Å²) < 4.78 is 0. The van der Waals surface area contributed by atoms with Crippen molar-refractivity contribution in [1.29, 1.82) is 0 Å². The number of hydrogen-bond acceptors (Lipinski definition) is 3. The van der Waals surface area contributed by atoms with Gasteiger partial charge in [-0.15, -0.1) is 0 Å². The van der Waals surface area contributed by atoms with E-state index in [4.69, 9.17) is 15.0 Å². The summed E-state index contributed by atoms with van der Waals surface area (Å²) in [5.74, 6) is 0.713. The summed E-state index contributed by atoms with van der Waals surface area (Å²) in [5, 5.41) is 3.46. The van der Waals surface area contributed by atoms with Gasteiger partial charge in [0.15, 0.2) is 5.82 Å². The lowest BCUT2D eigenvalue weighted by Crippen LogP contribution is -1.96. The monoisotopic (exact) mass is 561 g/mol. The fraction of sp³-hybridized carbons (Fsp3) is 0. The zero-order chi connectivity index (χ0) is 29.3. The standard InChI is InChI=1S/C41H27N3/c1-5-13-28(14-6-1)35-26-37(29-15-7-2-8-16-29)42-36-24-22-32-25-33(21-23-34(32)40(35)36)39-27-38(30-17-9-3-10-18-30)43-41(44-39)31-19-11-4-12-20-31/h1-27H. The van der Waals surface area contributed by atoms with Crippen molar-refractivity contribution in [3.8, 4) is 56.3 Å². The first kappa shape index (κ1) is 25.8. The number of rotatable bonds is 5. The van der Waals surface area contributed by atoms with Gasteiger partial charge in [-0.1, -0.05) is 140 Å². The lowest BCUT2D eigenvalue weighted by atomic mass is 9.93. The second-order valence-corrected chi connectivity index (χ2v) is 10.9. The van der Waals surface area contributed by atoms with E-state index in [0.29, 0.717) is 5.82 Å². The smallest absolute Gasteiger partial charge is 0.160 e. The number of fused-ring (bicyclic) bond motifs is 3. The molecule has 0 atom stereocenters. The van der Waals surface area contributed by atoms with Crippen LogP contribution in [-0.2, 0) is 0 Å². The van der Waals surface area contributed by atoms with Crippen LogP contribution in [0.4, 0.5) is 0 Å². The third kappa shape index (κ3) is 4.81. The molecule has 2 heterocycles. The van der Waals surface area contributed by atoms with Crippen LogP contribution in [0.2, 0.25) is 0 Å². The Morgan fingerprint density at radius 1 is 0.341 bits per heavy atom. The summed E-state index contributed by atoms with van der Waals surface area (Å²) in [4.78, 5) is 15.1. The van der Waals surface area contributed by atoms with Crippen molar-refractivity contribution in [2.24, 2.45) is 0 Å². The van der Waals surface area contributed by atoms with Gasteiger partial charge in [0, 0.05) is 27.6 Å². The van der Waals surface area contributed by atoms with Crippen LogP contribution in [0, 0.1) is 0 Å². The minimum Gasteiger partial charge on any atom is -0.248 e. The van der Waals surface area contributed by atoms with Gasteiger partial charge in [0.2, 0.25) is 0 Å². The van der Waals surface area contributed by atoms with E-state index in [0.717, 1.165) is 61.0 Å². The Labute approximate surface area is 256 Å². The number of pyridine rings is 1. The average Bonchev–Trinajstić information content (AvgIpc) is 3.12. The summed E-state index contributed by atoms with van der Waals surface area (Å²) in [7, 11) is 0. The molecule has 0 aliphatic heterocycles. The van der Waals surface area contributed by atoms with E-state index in [-0.39, 0.29) is 0 Å². The molecule has 0 aliphatic carbocycles. The van der Waals surface area contributed by atoms with Gasteiger partial charge >= 0.3 is 0 Å². The first-order valence-electron chi connectivity index (χ1n) is 14.8. The second-order valence-electron chi connectivity index (χ2n) is 10.9. The van der Waals surface area contributed by atoms with E-state index < -0.39 is 0 Å². The van der Waals surface area contributed by atoms with E-state index in [1.807, 2.05) is 42.5 Å². The molecule has 0 saturated carbocycles. The van der Waals surface area contributed by atoms with Crippen LogP contribution in [0.25, 0.3) is 78.0 Å². The third-order valence-electron chi connectivity index (χ3n) is 8.07. The first-order chi connectivity index (χ1) is 21.8. The maximum absolute atomic E-state index is 5.13. The maximum atomic E-state index is 5.13. The van der Waals surface area contributed by atoms with Crippen LogP contribution in [0.5, 0.6) is 0 Å². The number of nitrogens with zero attached hydrogens (tertiary/aromatic N) is 3. The summed E-state index contributed by atoms with van der Waals surface area (Å²) in [6, 6.07) is 56.7. The first-order valence-corrected chi connectivity index (χ1v) is 14.8. The summed E-state index contributed by atoms with van der Waals surface area (Å²) in [6.45, 7) is 0. The van der Waals surface area contributed by atoms with Gasteiger partial charge in [-0.2, -0.15) is 0 Å². The molecule has 0 radical (unpaired) electrons. The quantitative estimate of drug-likeness (QED) is 0.196. The fourth-order valence-electron chi connectivity index (χ4n) is 5.90. The Morgan fingerprint density at radius 2 is 0.864 bits per heavy atom. The largest absolute Gasteiger partial charge is 0.248 e. The van der Waals surface area contributed by atoms with Gasteiger partial charge in [-0.3, -0.25) is 0 Å². The molecule has 2 aromatic heterocycles. The van der Waals surface area contributed by atoms with Gasteiger partial charge in [0.25, 0.3) is 0 Å². The van der Waals surface area contributed by atoms with Gasteiger partial charge in [0.05, 0.1) is 22.6 Å². The van der Waals surface area contributed by atoms with E-state index >= 15 is 0 Å². The molecule has 44 heavy (non-hydrogen) atoms. The lowest BCUT2D eigenvalue weighted by molar-refractivity contribution is 1.18. The van der Waals surface area contributed by atoms with E-state index in [9.17, 15) is 0 Å². The molecular formula is C41H27N3. The van der Waals surface area contributed by atoms with E-state index in [1.54, 1.807) is 0 Å². The van der Waals surface area contributed by atoms with Crippen molar-refractivity contribution in [1.82, 2.24) is 15.0 Å². The normalized spacial score (nSPS) is 11.2. The van der Waals surface area contributed by atoms with Crippen molar-refractivity contribution >= 4 is 21.7 Å². The molecule has 206 valence electrons. The van der Waals surface area contributed by atoms with Crippen LogP contribution in [0.3, 0.4) is 0 Å². The van der Waals surface area contributed by atoms with Crippen molar-refractivity contribution in [3.63, 3.8) is 0 Å². The molecule has 0 fully saturated rings. The van der Waals surface area contributed by atoms with Gasteiger partial charge in [0.1, 0.15) is 0 Å². The molecule has 3 nitrogen and oxygen atoms in total. The predicted molar refractivity (Wildman–Crippen MR) is 182 cm³/mol. The Morgan fingerprint density at radius 3 is 1.48 bits per heavy atom. The van der Waals surface area contributed by atoms with Crippen molar-refractivity contribution in [2.45, 2.75) is 0 Å². The van der Waals surface area contributed by atoms with E-state index in [2.05, 4.69) is 121 Å². The Balaban J connectivity index is 1.33. The number of hydrogen-bond donors (Lipinski definition) is 0. The molecule has 0 bridgehead atoms. The second kappa shape index (κ2) is 11.0. The van der Waals surface area contributed by atoms with Crippen molar-refractivity contribution in [3.05, 3.63) is 164 Å². The molecule has 3 heteroatoms. The summed E-state index contributed by atoms with van der Waals surface area (Å²) in [6.07, 6.45) is 0. The van der Waals surface area contributed by atoms with E-state index in [1.165, 1.54) is 11.1 Å². The van der Waals surface area contributed by atoms with Crippen LogP contribution < -0.4 is 0 Å². The highest BCUT2D eigenvalue weighted by atomic mass is 14.9. The summed E-state index contributed by atoms with van der Waals surface area (Å²) in [5.41, 5.74) is 10.3. The van der Waals surface area contributed by atoms with Crippen LogP contribution in [0.1, 0.15) is 0 Å². The Hall–Kier alpha value is -5.93. The SMILES string of the molecule is c1ccc(-c2cc(-c3ccc4c(ccc5nc(-c6ccccc6)cc(-c6ccccc6)c54)c3)nc(-c3ccccc3)n2)cc1. The number of aromatic nitrogens is 3. The maximum Gasteiger partial charge on any atom is 0.160 e. The zero-order valence-electron chi connectivity index (χ0n) is 23.9. The lowest BCUT2D eigenvalue weighted by Gasteiger charge is -2.14. The highest BCUT2D eigenvalue weighted by Gasteiger charge is 2.15. The minimum atomic E-state index is 0.713. The molecule has 0 spiro atoms. The average molecular weight is 562 g/mol. The summed E-state index contributed by atoms with van der Waals surface area (Å²) >= 11 is 0. The zero-order valence-corrected chi connectivity index (χ0v) is 23.9. The Bertz CT molecular complexity index is 2190. The minimum absolute atomic E-state index is 0.713. The molecule has 0 amide bonds. The van der Waals surface area contributed by atoms with Gasteiger partial charge in [-0.25, -0.2) is 15.0 Å². The topological polar surface area (TPSA) is 38.7 Å². The molecule has 0 aliphatic rings. The highest BCUT2D eigenvalue weighted by Crippen LogP contribution is 2.38. The molecule has 8 aromatic rings. The van der Waals surface area contributed by atoms with Gasteiger partial charge < -0.3 is 0 Å². The predicted octanol–water partition coefficient (Wildman–Crippen LogP) is 10.5. The van der Waals surface area contributed by atoms with Crippen LogP contribution >= 0.6 is 0 Å². The Kier molecular flexibility index (Phi) is 6.47. The fourth-order valence-corrected chi connectivity index (χ4v) is 5.90.